The number of rotatable bonds is 17. The number of guanidine groups is 1. The molecule has 1 unspecified atom stereocenters. The Morgan fingerprint density at radius 1 is 0.907 bits per heavy atom. The molecule has 296 valence electrons. The van der Waals surface area contributed by atoms with E-state index in [0.717, 1.165) is 24.8 Å². The molecule has 3 atom stereocenters. The number of aliphatic carboxylic acids is 1. The van der Waals surface area contributed by atoms with Gasteiger partial charge in [0.1, 0.15) is 23.8 Å². The average Bonchev–Trinajstić information content (AvgIpc) is 3.13. The van der Waals surface area contributed by atoms with E-state index in [4.69, 9.17) is 22.6 Å². The second-order valence-electron chi connectivity index (χ2n) is 12.5. The summed E-state index contributed by atoms with van der Waals surface area (Å²) in [6, 6.07) is 13.7. The second kappa shape index (κ2) is 22.4. The lowest BCUT2D eigenvalue weighted by Gasteiger charge is -2.32. The number of ether oxygens (including phenoxy) is 1. The Hall–Kier alpha value is -5.68. The van der Waals surface area contributed by atoms with Crippen molar-refractivity contribution < 1.29 is 47.0 Å². The molecule has 0 saturated heterocycles. The highest BCUT2D eigenvalue weighted by Crippen LogP contribution is 2.27. The minimum Gasteiger partial charge on any atom is -0.480 e. The minimum atomic E-state index is -4.85. The van der Waals surface area contributed by atoms with Gasteiger partial charge in [0.2, 0.25) is 17.7 Å². The summed E-state index contributed by atoms with van der Waals surface area (Å²) < 4.78 is 37.1. The summed E-state index contributed by atoms with van der Waals surface area (Å²) in [5.74, 6) is -6.73. The van der Waals surface area contributed by atoms with Crippen molar-refractivity contribution in [3.8, 4) is 0 Å². The van der Waals surface area contributed by atoms with Crippen LogP contribution in [-0.2, 0) is 41.7 Å². The van der Waals surface area contributed by atoms with E-state index in [-0.39, 0.29) is 50.3 Å². The minimum absolute atomic E-state index is 0.0339. The van der Waals surface area contributed by atoms with Gasteiger partial charge in [-0.05, 0) is 56.1 Å². The number of nitrogens with one attached hydrogen (secondary N) is 4. The Labute approximate surface area is 311 Å². The normalized spacial score (nSPS) is 14.4. The number of nitrogens with zero attached hydrogens (tertiary/aromatic N) is 1. The van der Waals surface area contributed by atoms with Crippen molar-refractivity contribution in [1.29, 1.82) is 5.41 Å². The molecule has 1 aliphatic rings. The fraction of sp³-hybridized carbons (Fsp3) is 0.472. The third-order valence-electron chi connectivity index (χ3n) is 8.42. The number of hydrogen-bond acceptors (Lipinski definition) is 8. The SMILES string of the molecule is CCOC(=O)C(F)(F)F.N=C(N)c1ccc(CC(C(=O)NCc2ccccc2)C(=O)N[C@H](C(=O)N[C@@H](CCCN=C(N)N)C(=O)O)C2CCCCC2)cc1. The van der Waals surface area contributed by atoms with Crippen LogP contribution in [0.25, 0.3) is 0 Å². The molecule has 1 aliphatic carbocycles. The van der Waals surface area contributed by atoms with Crippen LogP contribution >= 0.6 is 0 Å². The molecule has 15 nitrogen and oxygen atoms in total. The van der Waals surface area contributed by atoms with Crippen molar-refractivity contribution in [1.82, 2.24) is 16.0 Å². The Morgan fingerprint density at radius 3 is 2.06 bits per heavy atom. The molecule has 3 amide bonds. The molecule has 0 radical (unpaired) electrons. The van der Waals surface area contributed by atoms with E-state index < -0.39 is 53.8 Å². The first-order chi connectivity index (χ1) is 25.5. The van der Waals surface area contributed by atoms with Crippen molar-refractivity contribution in [2.45, 2.75) is 83.1 Å². The number of amidine groups is 1. The molecule has 1 fully saturated rings. The first kappa shape index (κ1) is 44.5. The lowest BCUT2D eigenvalue weighted by atomic mass is 9.83. The highest BCUT2D eigenvalue weighted by Gasteiger charge is 2.40. The number of esters is 1. The molecule has 18 heteroatoms. The molecule has 54 heavy (non-hydrogen) atoms. The Kier molecular flexibility index (Phi) is 18.5. The van der Waals surface area contributed by atoms with E-state index in [1.807, 2.05) is 30.3 Å². The fourth-order valence-corrected chi connectivity index (χ4v) is 5.62. The smallest absolute Gasteiger partial charge is 0.480 e. The number of aliphatic imine (C=N–C) groups is 1. The number of hydrogen-bond donors (Lipinski definition) is 8. The zero-order chi connectivity index (χ0) is 40.3. The van der Waals surface area contributed by atoms with Gasteiger partial charge in [0.05, 0.1) is 6.61 Å². The molecule has 0 heterocycles. The Balaban J connectivity index is 0.000000990. The van der Waals surface area contributed by atoms with Gasteiger partial charge in [-0.25, -0.2) is 9.59 Å². The van der Waals surface area contributed by atoms with E-state index >= 15 is 0 Å². The van der Waals surface area contributed by atoms with E-state index in [1.54, 1.807) is 24.3 Å². The van der Waals surface area contributed by atoms with Gasteiger partial charge in [-0.1, -0.05) is 73.9 Å². The third kappa shape index (κ3) is 15.9. The number of carbonyl (C=O) groups excluding carboxylic acids is 4. The molecule has 0 spiro atoms. The van der Waals surface area contributed by atoms with E-state index in [0.29, 0.717) is 30.4 Å². The Bertz CT molecular complexity index is 1580. The maximum Gasteiger partial charge on any atom is 0.490 e. The van der Waals surface area contributed by atoms with Crippen molar-refractivity contribution in [3.63, 3.8) is 0 Å². The van der Waals surface area contributed by atoms with Crippen molar-refractivity contribution in [2.24, 2.45) is 34.0 Å². The first-order valence-corrected chi connectivity index (χ1v) is 17.4. The molecular formula is C36H49F3N8O7. The van der Waals surface area contributed by atoms with Crippen molar-refractivity contribution >= 4 is 41.5 Å². The van der Waals surface area contributed by atoms with Gasteiger partial charge in [0, 0.05) is 18.7 Å². The standard InChI is InChI=1S/C32H44N8O5.C4H5F3O2/c33-27(34)23-15-13-20(14-16-23)18-24(28(41)38-19-21-8-3-1-4-9-21)29(42)40-26(22-10-5-2-6-11-22)30(43)39-25(31(44)45)12-7-17-37-32(35)36;1-2-9-3(8)4(5,6)7/h1,3-4,8-9,13-16,22,24-26H,2,5-7,10-12,17-19H2,(H3,33,34)(H,38,41)(H,39,43)(H,40,42)(H,44,45)(H4,35,36,37);2H2,1H3/t24?,25-,26-;/m0./s1. The summed E-state index contributed by atoms with van der Waals surface area (Å²) in [5, 5.41) is 25.7. The van der Waals surface area contributed by atoms with Crippen LogP contribution in [0, 0.1) is 17.2 Å². The van der Waals surface area contributed by atoms with E-state index in [2.05, 4.69) is 25.7 Å². The van der Waals surface area contributed by atoms with Crippen LogP contribution in [0.1, 0.15) is 68.6 Å². The second-order valence-corrected chi connectivity index (χ2v) is 12.5. The fourth-order valence-electron chi connectivity index (χ4n) is 5.62. The summed E-state index contributed by atoms with van der Waals surface area (Å²) >= 11 is 0. The largest absolute Gasteiger partial charge is 0.490 e. The first-order valence-electron chi connectivity index (χ1n) is 17.4. The summed E-state index contributed by atoms with van der Waals surface area (Å²) in [6.07, 6.45) is -0.310. The maximum atomic E-state index is 13.9. The molecule has 1 saturated carbocycles. The van der Waals surface area contributed by atoms with Gasteiger partial charge in [-0.3, -0.25) is 24.8 Å². The summed E-state index contributed by atoms with van der Waals surface area (Å²) in [4.78, 5) is 66.5. The zero-order valence-corrected chi connectivity index (χ0v) is 30.0. The van der Waals surface area contributed by atoms with Gasteiger partial charge >= 0.3 is 18.1 Å². The third-order valence-corrected chi connectivity index (χ3v) is 8.42. The van der Waals surface area contributed by atoms with Gasteiger partial charge in [-0.15, -0.1) is 0 Å². The van der Waals surface area contributed by atoms with Gasteiger partial charge in [-0.2, -0.15) is 13.2 Å². The van der Waals surface area contributed by atoms with Crippen LogP contribution in [-0.4, -0.2) is 78.0 Å². The zero-order valence-electron chi connectivity index (χ0n) is 30.0. The van der Waals surface area contributed by atoms with Gasteiger partial charge < -0.3 is 43.0 Å². The summed E-state index contributed by atoms with van der Waals surface area (Å²) in [6.45, 7) is 1.47. The quantitative estimate of drug-likeness (QED) is 0.0383. The molecule has 0 aromatic heterocycles. The molecule has 0 aliphatic heterocycles. The van der Waals surface area contributed by atoms with Crippen molar-refractivity contribution in [2.75, 3.05) is 13.2 Å². The number of halogens is 3. The number of carboxylic acids is 1. The lowest BCUT2D eigenvalue weighted by Crippen LogP contribution is -2.57. The molecular weight excluding hydrogens is 713 g/mol. The van der Waals surface area contributed by atoms with Gasteiger partial charge in [0.15, 0.2) is 5.96 Å². The van der Waals surface area contributed by atoms with Crippen LogP contribution in [0.2, 0.25) is 0 Å². The number of carboxylic acid groups (broad SMARTS) is 1. The maximum absolute atomic E-state index is 13.9. The monoisotopic (exact) mass is 762 g/mol. The summed E-state index contributed by atoms with van der Waals surface area (Å²) in [7, 11) is 0. The van der Waals surface area contributed by atoms with E-state index in [1.165, 1.54) is 6.92 Å². The number of carbonyl (C=O) groups is 5. The average molecular weight is 763 g/mol. The predicted octanol–water partition coefficient (Wildman–Crippen LogP) is 2.25. The van der Waals surface area contributed by atoms with Gasteiger partial charge in [0.25, 0.3) is 0 Å². The lowest BCUT2D eigenvalue weighted by molar-refractivity contribution is -0.199. The number of alkyl halides is 3. The predicted molar refractivity (Wildman–Crippen MR) is 194 cm³/mol. The molecule has 0 bridgehead atoms. The summed E-state index contributed by atoms with van der Waals surface area (Å²) in [5.41, 5.74) is 18.3. The highest BCUT2D eigenvalue weighted by molar-refractivity contribution is 6.02. The van der Waals surface area contributed by atoms with Crippen LogP contribution in [0.5, 0.6) is 0 Å². The molecule has 2 aromatic rings. The number of benzene rings is 2. The number of nitrogen functional groups attached to an aromatic ring is 1. The molecule has 11 N–H and O–H groups in total. The topological polar surface area (TPSA) is 265 Å². The van der Waals surface area contributed by atoms with Crippen LogP contribution in [0.4, 0.5) is 13.2 Å². The van der Waals surface area contributed by atoms with Crippen LogP contribution in [0.15, 0.2) is 59.6 Å². The molecule has 3 rings (SSSR count). The number of amides is 3. The van der Waals surface area contributed by atoms with Crippen LogP contribution in [0.3, 0.4) is 0 Å². The highest BCUT2D eigenvalue weighted by atomic mass is 19.4. The van der Waals surface area contributed by atoms with Crippen LogP contribution < -0.4 is 33.2 Å². The molecule has 2 aromatic carbocycles. The van der Waals surface area contributed by atoms with Crippen molar-refractivity contribution in [3.05, 3.63) is 71.3 Å². The Morgan fingerprint density at radius 2 is 1.54 bits per heavy atom. The number of nitrogens with two attached hydrogens (primary N) is 3. The van der Waals surface area contributed by atoms with E-state index in [9.17, 15) is 42.3 Å².